The molecule has 130 valence electrons. The molecule has 0 saturated carbocycles. The van der Waals surface area contributed by atoms with E-state index in [-0.39, 0.29) is 6.42 Å². The van der Waals surface area contributed by atoms with Crippen LogP contribution in [0.4, 0.5) is 17.1 Å². The quantitative estimate of drug-likeness (QED) is 0.775. The molecule has 0 bridgehead atoms. The summed E-state index contributed by atoms with van der Waals surface area (Å²) in [6, 6.07) is 13.7. The normalized spacial score (nSPS) is 15.5. The van der Waals surface area contributed by atoms with Gasteiger partial charge in [-0.15, -0.1) is 0 Å². The van der Waals surface area contributed by atoms with E-state index in [0.717, 1.165) is 39.6 Å². The van der Waals surface area contributed by atoms with Crippen LogP contribution in [-0.4, -0.2) is 16.8 Å². The van der Waals surface area contributed by atoms with E-state index in [2.05, 4.69) is 4.90 Å². The number of nitrogens with zero attached hydrogens (tertiary/aromatic N) is 2. The Balaban J connectivity index is 1.97. The highest BCUT2D eigenvalue weighted by molar-refractivity contribution is 6.30. The lowest BCUT2D eigenvalue weighted by Gasteiger charge is -2.35. The maximum absolute atomic E-state index is 11.4. The predicted octanol–water partition coefficient (Wildman–Crippen LogP) is 5.56. The summed E-state index contributed by atoms with van der Waals surface area (Å²) in [6.45, 7) is 2.03. The van der Waals surface area contributed by atoms with Gasteiger partial charge in [-0.25, -0.2) is 4.99 Å². The topological polar surface area (TPSA) is 52.9 Å². The molecule has 0 aromatic heterocycles. The second-order valence-electron chi connectivity index (χ2n) is 6.43. The number of halogens is 1. The fourth-order valence-corrected chi connectivity index (χ4v) is 3.52. The fraction of sp³-hybridized carbons (Fsp3) is 0.143. The maximum Gasteiger partial charge on any atom is 0.307 e. The molecule has 0 atom stereocenters. The highest BCUT2D eigenvalue weighted by Gasteiger charge is 2.30. The molecule has 0 fully saturated rings. The molecule has 2 aliphatic rings. The Kier molecular flexibility index (Phi) is 4.13. The van der Waals surface area contributed by atoms with Gasteiger partial charge in [0, 0.05) is 10.7 Å². The molecule has 5 heteroatoms. The summed E-state index contributed by atoms with van der Waals surface area (Å²) in [5.74, 6) is -0.840. The van der Waals surface area contributed by atoms with Gasteiger partial charge in [-0.05, 0) is 67.0 Å². The zero-order valence-corrected chi connectivity index (χ0v) is 15.0. The molecule has 2 aromatic carbocycles. The van der Waals surface area contributed by atoms with Crippen LogP contribution in [0.3, 0.4) is 0 Å². The standard InChI is InChI=1S/C21H17ClN2O2/c1-13-5-10-19-18(11-13)23-17-4-2-3-14(12-20(25)26)21(17)24(19)16-8-6-15(22)7-9-16/h2,4-11H,3,12H2,1H3,(H,25,26). The second kappa shape index (κ2) is 6.46. The Bertz CT molecular complexity index is 988. The molecular formula is C21H17ClN2O2. The van der Waals surface area contributed by atoms with Crippen molar-refractivity contribution in [1.82, 2.24) is 0 Å². The molecule has 0 radical (unpaired) electrons. The summed E-state index contributed by atoms with van der Waals surface area (Å²) >= 11 is 6.06. The number of hydrogen-bond donors (Lipinski definition) is 1. The highest BCUT2D eigenvalue weighted by Crippen LogP contribution is 2.44. The second-order valence-corrected chi connectivity index (χ2v) is 6.87. The first kappa shape index (κ1) is 16.6. The van der Waals surface area contributed by atoms with Gasteiger partial charge in [0.1, 0.15) is 0 Å². The van der Waals surface area contributed by atoms with Crippen LogP contribution >= 0.6 is 11.6 Å². The van der Waals surface area contributed by atoms with Crippen LogP contribution in [0.15, 0.2) is 70.9 Å². The lowest BCUT2D eigenvalue weighted by molar-refractivity contribution is -0.136. The smallest absolute Gasteiger partial charge is 0.307 e. The molecule has 0 unspecified atom stereocenters. The van der Waals surface area contributed by atoms with Gasteiger partial charge in [-0.2, -0.15) is 0 Å². The van der Waals surface area contributed by atoms with Gasteiger partial charge in [0.15, 0.2) is 0 Å². The zero-order chi connectivity index (χ0) is 18.3. The van der Waals surface area contributed by atoms with Gasteiger partial charge in [-0.3, -0.25) is 4.79 Å². The van der Waals surface area contributed by atoms with Crippen molar-refractivity contribution in [3.8, 4) is 0 Å². The Morgan fingerprint density at radius 2 is 2.00 bits per heavy atom. The van der Waals surface area contributed by atoms with E-state index in [1.54, 1.807) is 0 Å². The Morgan fingerprint density at radius 1 is 1.23 bits per heavy atom. The summed E-state index contributed by atoms with van der Waals surface area (Å²) in [5, 5.41) is 10.0. The fourth-order valence-electron chi connectivity index (χ4n) is 3.39. The van der Waals surface area contributed by atoms with E-state index in [4.69, 9.17) is 16.6 Å². The van der Waals surface area contributed by atoms with Crippen molar-refractivity contribution in [3.05, 3.63) is 76.5 Å². The number of hydrogen-bond acceptors (Lipinski definition) is 3. The summed E-state index contributed by atoms with van der Waals surface area (Å²) in [7, 11) is 0. The first-order valence-corrected chi connectivity index (χ1v) is 8.76. The Labute approximate surface area is 156 Å². The Hall–Kier alpha value is -2.85. The van der Waals surface area contributed by atoms with Crippen LogP contribution in [0.2, 0.25) is 5.02 Å². The molecule has 0 saturated heterocycles. The molecule has 1 aliphatic carbocycles. The van der Waals surface area contributed by atoms with Gasteiger partial charge >= 0.3 is 5.97 Å². The van der Waals surface area contributed by atoms with E-state index in [0.29, 0.717) is 11.4 Å². The molecule has 4 rings (SSSR count). The third-order valence-electron chi connectivity index (χ3n) is 4.50. The molecule has 4 nitrogen and oxygen atoms in total. The van der Waals surface area contributed by atoms with Crippen LogP contribution in [0.5, 0.6) is 0 Å². The van der Waals surface area contributed by atoms with Gasteiger partial charge in [0.2, 0.25) is 0 Å². The molecule has 1 N–H and O–H groups in total. The van der Waals surface area contributed by atoms with Crippen LogP contribution in [0.1, 0.15) is 18.4 Å². The summed E-state index contributed by atoms with van der Waals surface area (Å²) in [4.78, 5) is 18.3. The molecule has 2 aromatic rings. The number of rotatable bonds is 3. The van der Waals surface area contributed by atoms with Gasteiger partial charge in [-0.1, -0.05) is 23.7 Å². The zero-order valence-electron chi connectivity index (χ0n) is 14.2. The number of aryl methyl sites for hydroxylation is 1. The van der Waals surface area contributed by atoms with Crippen molar-refractivity contribution in [2.45, 2.75) is 19.8 Å². The van der Waals surface area contributed by atoms with Gasteiger partial charge in [0.05, 0.1) is 29.2 Å². The number of anilines is 2. The number of aliphatic carboxylic acids is 1. The minimum Gasteiger partial charge on any atom is -0.481 e. The summed E-state index contributed by atoms with van der Waals surface area (Å²) < 4.78 is 0. The number of benzene rings is 2. The van der Waals surface area contributed by atoms with Crippen LogP contribution < -0.4 is 4.90 Å². The number of carboxylic acids is 1. The minimum atomic E-state index is -0.840. The molecule has 0 amide bonds. The van der Waals surface area contributed by atoms with E-state index < -0.39 is 5.97 Å². The third kappa shape index (κ3) is 2.93. The van der Waals surface area contributed by atoms with Crippen molar-refractivity contribution in [2.75, 3.05) is 4.90 Å². The minimum absolute atomic E-state index is 0.00994. The lowest BCUT2D eigenvalue weighted by atomic mass is 9.94. The molecule has 1 aliphatic heterocycles. The summed E-state index contributed by atoms with van der Waals surface area (Å²) in [5.41, 5.74) is 6.37. The van der Waals surface area contributed by atoms with E-state index in [1.165, 1.54) is 0 Å². The number of aliphatic imine (C=N–C) groups is 1. The van der Waals surface area contributed by atoms with Gasteiger partial charge in [0.25, 0.3) is 0 Å². The average molecular weight is 365 g/mol. The molecule has 26 heavy (non-hydrogen) atoms. The predicted molar refractivity (Wildman–Crippen MR) is 105 cm³/mol. The maximum atomic E-state index is 11.4. The van der Waals surface area contributed by atoms with Crippen molar-refractivity contribution in [2.24, 2.45) is 4.99 Å². The van der Waals surface area contributed by atoms with E-state index in [9.17, 15) is 9.90 Å². The van der Waals surface area contributed by atoms with Crippen LogP contribution in [0, 0.1) is 6.92 Å². The molecule has 0 spiro atoms. The van der Waals surface area contributed by atoms with E-state index >= 15 is 0 Å². The van der Waals surface area contributed by atoms with Crippen LogP contribution in [0.25, 0.3) is 0 Å². The highest BCUT2D eigenvalue weighted by atomic mass is 35.5. The van der Waals surface area contributed by atoms with Crippen molar-refractivity contribution in [1.29, 1.82) is 0 Å². The monoisotopic (exact) mass is 364 g/mol. The Morgan fingerprint density at radius 3 is 2.73 bits per heavy atom. The largest absolute Gasteiger partial charge is 0.481 e. The number of carboxylic acid groups (broad SMARTS) is 1. The lowest BCUT2D eigenvalue weighted by Crippen LogP contribution is -2.28. The van der Waals surface area contributed by atoms with Gasteiger partial charge < -0.3 is 10.0 Å². The first-order chi connectivity index (χ1) is 12.5. The van der Waals surface area contributed by atoms with Crippen LogP contribution in [-0.2, 0) is 4.79 Å². The SMILES string of the molecule is Cc1ccc2c(c1)N=C1C=CCC(CC(=O)O)=C1N2c1ccc(Cl)cc1. The summed E-state index contributed by atoms with van der Waals surface area (Å²) in [6.07, 6.45) is 4.53. The average Bonchev–Trinajstić information content (AvgIpc) is 2.60. The number of fused-ring (bicyclic) bond motifs is 2. The van der Waals surface area contributed by atoms with Crippen molar-refractivity contribution in [3.63, 3.8) is 0 Å². The first-order valence-electron chi connectivity index (χ1n) is 8.39. The van der Waals surface area contributed by atoms with Crippen molar-refractivity contribution < 1.29 is 9.90 Å². The molecular weight excluding hydrogens is 348 g/mol. The van der Waals surface area contributed by atoms with E-state index in [1.807, 2.05) is 61.5 Å². The number of allylic oxidation sites excluding steroid dienone is 2. The number of carbonyl (C=O) groups is 1. The molecule has 1 heterocycles. The van der Waals surface area contributed by atoms with Crippen molar-refractivity contribution >= 4 is 40.3 Å². The third-order valence-corrected chi connectivity index (χ3v) is 4.76.